The van der Waals surface area contributed by atoms with Crippen molar-refractivity contribution < 1.29 is 47.7 Å². The number of hydrogen-bond donors (Lipinski definition) is 3. The third-order valence-electron chi connectivity index (χ3n) is 18.5. The summed E-state index contributed by atoms with van der Waals surface area (Å²) >= 11 is 0. The summed E-state index contributed by atoms with van der Waals surface area (Å²) in [6, 6.07) is -3.39. The van der Waals surface area contributed by atoms with Crippen LogP contribution in [-0.2, 0) is 47.7 Å². The van der Waals surface area contributed by atoms with E-state index in [0.717, 1.165) is 77.0 Å². The maximum absolute atomic E-state index is 13.6. The standard InChI is InChI=1S/C79H151N3O10/c1-5-9-13-17-21-25-29-33-37-41-45-49-53-57-67-89-75(84)65-62-72(78(87)91-69-59-55-51-47-43-39-35-31-27-23-19-15-11-7-3)81-74(83)64-61-71(80)77(86)82-73(79(88)92-70-60-56-52-48-44-40-36-32-28-24-20-16-12-8-4)63-66-76(85)90-68-58-54-50-46-42-38-34-30-26-22-18-14-10-6-2/h71-73H,5-70,80H2,1-4H3,(H,81,83)(H,82,86). The van der Waals surface area contributed by atoms with Crippen molar-refractivity contribution in [3.8, 4) is 0 Å². The SMILES string of the molecule is CCCCCCCCCCCCCCCCOC(=O)CCC(NC(=O)CCC(N)C(=O)NC(CCC(=O)OCCCCCCCCCCCCCCCC)C(=O)OCCCCCCCCCCCCCCCC)C(=O)OCCCCCCCCCCCCCCCC. The second kappa shape index (κ2) is 72.1. The molecule has 0 rings (SSSR count). The van der Waals surface area contributed by atoms with E-state index >= 15 is 0 Å². The van der Waals surface area contributed by atoms with E-state index in [-0.39, 0.29) is 51.7 Å². The summed E-state index contributed by atoms with van der Waals surface area (Å²) < 4.78 is 22.5. The molecule has 0 aromatic carbocycles. The highest BCUT2D eigenvalue weighted by Gasteiger charge is 2.28. The van der Waals surface area contributed by atoms with Crippen molar-refractivity contribution in [2.24, 2.45) is 5.73 Å². The summed E-state index contributed by atoms with van der Waals surface area (Å²) in [5.41, 5.74) is 6.38. The van der Waals surface area contributed by atoms with Gasteiger partial charge in [0.25, 0.3) is 0 Å². The Morgan fingerprint density at radius 3 is 0.707 bits per heavy atom. The van der Waals surface area contributed by atoms with E-state index in [0.29, 0.717) is 26.1 Å². The van der Waals surface area contributed by atoms with Crippen molar-refractivity contribution in [2.75, 3.05) is 26.4 Å². The lowest BCUT2D eigenvalue weighted by atomic mass is 10.0. The quantitative estimate of drug-likeness (QED) is 0.0298. The van der Waals surface area contributed by atoms with Gasteiger partial charge >= 0.3 is 23.9 Å². The predicted molar refractivity (Wildman–Crippen MR) is 385 cm³/mol. The fourth-order valence-corrected chi connectivity index (χ4v) is 12.2. The van der Waals surface area contributed by atoms with Gasteiger partial charge in [-0.25, -0.2) is 9.59 Å². The van der Waals surface area contributed by atoms with Crippen molar-refractivity contribution in [2.45, 2.75) is 444 Å². The van der Waals surface area contributed by atoms with E-state index < -0.39 is 53.8 Å². The molecule has 0 saturated heterocycles. The van der Waals surface area contributed by atoms with Gasteiger partial charge in [-0.05, 0) is 44.9 Å². The number of esters is 4. The van der Waals surface area contributed by atoms with E-state index in [9.17, 15) is 28.8 Å². The van der Waals surface area contributed by atoms with Gasteiger partial charge in [-0.3, -0.25) is 19.2 Å². The summed E-state index contributed by atoms with van der Waals surface area (Å²) in [5.74, 6) is -3.28. The molecule has 0 bridgehead atoms. The molecule has 0 radical (unpaired) electrons. The molecule has 0 fully saturated rings. The number of hydrogen-bond acceptors (Lipinski definition) is 11. The monoisotopic (exact) mass is 1300 g/mol. The third kappa shape index (κ3) is 64.1. The van der Waals surface area contributed by atoms with Gasteiger partial charge < -0.3 is 35.3 Å². The van der Waals surface area contributed by atoms with Gasteiger partial charge in [0.1, 0.15) is 12.1 Å². The van der Waals surface area contributed by atoms with Gasteiger partial charge in [0.2, 0.25) is 11.8 Å². The Morgan fingerprint density at radius 2 is 0.467 bits per heavy atom. The first-order valence-electron chi connectivity index (χ1n) is 40.1. The van der Waals surface area contributed by atoms with Gasteiger partial charge in [0, 0.05) is 19.3 Å². The normalized spacial score (nSPS) is 12.4. The van der Waals surface area contributed by atoms with Crippen LogP contribution in [-0.4, -0.2) is 80.2 Å². The molecule has 542 valence electrons. The molecule has 13 nitrogen and oxygen atoms in total. The Bertz CT molecular complexity index is 1650. The van der Waals surface area contributed by atoms with Gasteiger partial charge in [-0.15, -0.1) is 0 Å². The van der Waals surface area contributed by atoms with Crippen LogP contribution in [0.15, 0.2) is 0 Å². The predicted octanol–water partition coefficient (Wildman–Crippen LogP) is 21.7. The van der Waals surface area contributed by atoms with Crippen molar-refractivity contribution in [3.05, 3.63) is 0 Å². The fraction of sp³-hybridized carbons (Fsp3) is 0.924. The molecule has 3 atom stereocenters. The van der Waals surface area contributed by atoms with Crippen LogP contribution in [0.3, 0.4) is 0 Å². The molecular weight excluding hydrogens is 1150 g/mol. The van der Waals surface area contributed by atoms with E-state index in [2.05, 4.69) is 38.3 Å². The second-order valence-electron chi connectivity index (χ2n) is 27.6. The highest BCUT2D eigenvalue weighted by Crippen LogP contribution is 2.19. The Labute approximate surface area is 567 Å². The van der Waals surface area contributed by atoms with Crippen LogP contribution < -0.4 is 16.4 Å². The van der Waals surface area contributed by atoms with Crippen LogP contribution in [0.1, 0.15) is 426 Å². The Balaban J connectivity index is 5.30. The molecule has 0 aliphatic heterocycles. The largest absolute Gasteiger partial charge is 0.466 e. The molecule has 0 spiro atoms. The molecular formula is C79H151N3O10. The Morgan fingerprint density at radius 1 is 0.261 bits per heavy atom. The molecule has 0 heterocycles. The van der Waals surface area contributed by atoms with Gasteiger partial charge in [-0.1, -0.05) is 362 Å². The van der Waals surface area contributed by atoms with E-state index in [1.165, 1.54) is 270 Å². The van der Waals surface area contributed by atoms with Crippen molar-refractivity contribution >= 4 is 35.7 Å². The van der Waals surface area contributed by atoms with Gasteiger partial charge in [-0.2, -0.15) is 0 Å². The number of amides is 2. The van der Waals surface area contributed by atoms with Crippen LogP contribution in [0.4, 0.5) is 0 Å². The lowest BCUT2D eigenvalue weighted by molar-refractivity contribution is -0.150. The zero-order chi connectivity index (χ0) is 67.1. The summed E-state index contributed by atoms with van der Waals surface area (Å²) in [7, 11) is 0. The zero-order valence-corrected chi connectivity index (χ0v) is 61.1. The maximum atomic E-state index is 13.6. The number of ether oxygens (including phenoxy) is 4. The maximum Gasteiger partial charge on any atom is 0.328 e. The summed E-state index contributed by atoms with van der Waals surface area (Å²) in [4.78, 5) is 80.1. The molecule has 13 heteroatoms. The van der Waals surface area contributed by atoms with E-state index in [1.54, 1.807) is 0 Å². The average molecular weight is 1300 g/mol. The van der Waals surface area contributed by atoms with Crippen molar-refractivity contribution in [1.82, 2.24) is 10.6 Å². The fourth-order valence-electron chi connectivity index (χ4n) is 12.2. The minimum absolute atomic E-state index is 0.0124. The molecule has 92 heavy (non-hydrogen) atoms. The molecule has 2 amide bonds. The van der Waals surface area contributed by atoms with Crippen LogP contribution >= 0.6 is 0 Å². The van der Waals surface area contributed by atoms with Gasteiger partial charge in [0.05, 0.1) is 32.5 Å². The molecule has 0 aromatic heterocycles. The zero-order valence-electron chi connectivity index (χ0n) is 61.1. The third-order valence-corrected chi connectivity index (χ3v) is 18.5. The molecule has 0 aliphatic rings. The smallest absolute Gasteiger partial charge is 0.328 e. The first-order chi connectivity index (χ1) is 45.1. The molecule has 0 aromatic rings. The summed E-state index contributed by atoms with van der Waals surface area (Å²) in [5, 5.41) is 5.48. The Hall–Kier alpha value is -3.22. The number of unbranched alkanes of at least 4 members (excludes halogenated alkanes) is 52. The number of rotatable bonds is 74. The highest BCUT2D eigenvalue weighted by atomic mass is 16.5. The summed E-state index contributed by atoms with van der Waals surface area (Å²) in [6.07, 6.45) is 68.2. The molecule has 3 unspecified atom stereocenters. The molecule has 4 N–H and O–H groups in total. The van der Waals surface area contributed by atoms with Crippen molar-refractivity contribution in [1.29, 1.82) is 0 Å². The first-order valence-corrected chi connectivity index (χ1v) is 40.1. The lowest BCUT2D eigenvalue weighted by Crippen LogP contribution is -2.49. The number of nitrogens with two attached hydrogens (primary N) is 1. The number of nitrogens with one attached hydrogen (secondary N) is 2. The van der Waals surface area contributed by atoms with Crippen LogP contribution in [0.25, 0.3) is 0 Å². The van der Waals surface area contributed by atoms with Gasteiger partial charge in [0.15, 0.2) is 0 Å². The van der Waals surface area contributed by atoms with E-state index in [4.69, 9.17) is 24.7 Å². The highest BCUT2D eigenvalue weighted by molar-refractivity contribution is 5.89. The van der Waals surface area contributed by atoms with Crippen molar-refractivity contribution in [3.63, 3.8) is 0 Å². The average Bonchev–Trinajstić information content (AvgIpc) is 2.13. The first kappa shape index (κ1) is 88.8. The lowest BCUT2D eigenvalue weighted by Gasteiger charge is -2.21. The minimum atomic E-state index is -1.18. The Kier molecular flexibility index (Phi) is 69.5. The number of carbonyl (C=O) groups excluding carboxylic acids is 6. The van der Waals surface area contributed by atoms with Crippen LogP contribution in [0, 0.1) is 0 Å². The summed E-state index contributed by atoms with van der Waals surface area (Å²) in [6.45, 7) is 10.1. The van der Waals surface area contributed by atoms with Crippen LogP contribution in [0.5, 0.6) is 0 Å². The molecule has 0 saturated carbocycles. The second-order valence-corrected chi connectivity index (χ2v) is 27.6. The van der Waals surface area contributed by atoms with Crippen LogP contribution in [0.2, 0.25) is 0 Å². The minimum Gasteiger partial charge on any atom is -0.466 e. The molecule has 0 aliphatic carbocycles. The topological polar surface area (TPSA) is 189 Å². The van der Waals surface area contributed by atoms with E-state index in [1.807, 2.05) is 0 Å². The number of carbonyl (C=O) groups is 6.